The Bertz CT molecular complexity index is 783. The Morgan fingerprint density at radius 3 is 2.63 bits per heavy atom. The minimum atomic E-state index is -0.00900. The topological polar surface area (TPSA) is 70.6 Å². The summed E-state index contributed by atoms with van der Waals surface area (Å²) in [4.78, 5) is 16.7. The van der Waals surface area contributed by atoms with Crippen molar-refractivity contribution >= 4 is 17.4 Å². The third kappa shape index (κ3) is 4.54. The lowest BCUT2D eigenvalue weighted by atomic mass is 10.2. The van der Waals surface area contributed by atoms with Crippen LogP contribution in [0.4, 0.5) is 11.5 Å². The van der Waals surface area contributed by atoms with Gasteiger partial charge in [0.25, 0.3) is 0 Å². The molecule has 2 aliphatic rings. The quantitative estimate of drug-likeness (QED) is 0.843. The molecule has 1 aliphatic carbocycles. The van der Waals surface area contributed by atoms with Crippen molar-refractivity contribution in [1.29, 1.82) is 0 Å². The molecule has 2 aromatic rings. The van der Waals surface area contributed by atoms with Crippen LogP contribution in [0.2, 0.25) is 0 Å². The van der Waals surface area contributed by atoms with E-state index in [-0.39, 0.29) is 5.91 Å². The van der Waals surface area contributed by atoms with Crippen LogP contribution in [0.1, 0.15) is 24.5 Å². The highest BCUT2D eigenvalue weighted by Crippen LogP contribution is 2.38. The average molecular weight is 367 g/mol. The number of benzene rings is 1. The zero-order valence-corrected chi connectivity index (χ0v) is 15.6. The molecule has 1 aromatic carbocycles. The molecule has 7 nitrogen and oxygen atoms in total. The molecule has 2 heterocycles. The Morgan fingerprint density at radius 2 is 1.96 bits per heavy atom. The molecule has 0 radical (unpaired) electrons. The first-order valence-electron chi connectivity index (χ1n) is 9.46. The van der Waals surface area contributed by atoms with Gasteiger partial charge in [-0.3, -0.25) is 9.69 Å². The van der Waals surface area contributed by atoms with Gasteiger partial charge in [0.15, 0.2) is 5.82 Å². The van der Waals surface area contributed by atoms with Crippen molar-refractivity contribution in [3.05, 3.63) is 42.1 Å². The van der Waals surface area contributed by atoms with Crippen LogP contribution in [0.3, 0.4) is 0 Å². The van der Waals surface area contributed by atoms with Crippen molar-refractivity contribution in [2.45, 2.75) is 18.8 Å². The second-order valence-corrected chi connectivity index (χ2v) is 7.13. The second kappa shape index (κ2) is 7.92. The van der Waals surface area contributed by atoms with Gasteiger partial charge in [0, 0.05) is 43.9 Å². The van der Waals surface area contributed by atoms with Crippen LogP contribution in [0.5, 0.6) is 5.75 Å². The third-order valence-corrected chi connectivity index (χ3v) is 5.08. The van der Waals surface area contributed by atoms with E-state index in [1.807, 2.05) is 24.3 Å². The van der Waals surface area contributed by atoms with E-state index >= 15 is 0 Å². The molecule has 4 rings (SSSR count). The van der Waals surface area contributed by atoms with Crippen LogP contribution in [-0.4, -0.2) is 60.8 Å². The number of aromatic nitrogens is 2. The normalized spacial score (nSPS) is 17.6. The minimum Gasteiger partial charge on any atom is -0.497 e. The van der Waals surface area contributed by atoms with Crippen LogP contribution in [0.25, 0.3) is 0 Å². The summed E-state index contributed by atoms with van der Waals surface area (Å²) in [5, 5.41) is 11.7. The molecular formula is C20H25N5O2. The molecule has 0 atom stereocenters. The number of rotatable bonds is 6. The summed E-state index contributed by atoms with van der Waals surface area (Å²) in [6, 6.07) is 11.6. The molecule has 1 saturated heterocycles. The zero-order valence-electron chi connectivity index (χ0n) is 15.6. The Hall–Kier alpha value is -2.67. The molecule has 0 unspecified atom stereocenters. The summed E-state index contributed by atoms with van der Waals surface area (Å²) in [6.45, 7) is 3.75. The van der Waals surface area contributed by atoms with Gasteiger partial charge in [-0.25, -0.2) is 0 Å². The number of carbonyl (C=O) groups is 1. The number of hydrogen-bond acceptors (Lipinski definition) is 6. The maximum Gasteiger partial charge on any atom is 0.238 e. The molecule has 7 heteroatoms. The average Bonchev–Trinajstić information content (AvgIpc) is 3.54. The first-order chi connectivity index (χ1) is 13.2. The minimum absolute atomic E-state index is 0.00900. The molecule has 142 valence electrons. The highest BCUT2D eigenvalue weighted by Gasteiger charge is 2.26. The maximum absolute atomic E-state index is 12.3. The number of carbonyl (C=O) groups excluding carboxylic acids is 1. The van der Waals surface area contributed by atoms with Crippen molar-refractivity contribution in [2.24, 2.45) is 0 Å². The number of hydrogen-bond donors (Lipinski definition) is 1. The summed E-state index contributed by atoms with van der Waals surface area (Å²) >= 11 is 0. The van der Waals surface area contributed by atoms with Gasteiger partial charge in [-0.15, -0.1) is 5.10 Å². The fourth-order valence-corrected chi connectivity index (χ4v) is 3.34. The fraction of sp³-hybridized carbons (Fsp3) is 0.450. The van der Waals surface area contributed by atoms with E-state index in [9.17, 15) is 4.79 Å². The van der Waals surface area contributed by atoms with Crippen molar-refractivity contribution in [3.8, 4) is 5.75 Å². The van der Waals surface area contributed by atoms with Crippen molar-refractivity contribution in [1.82, 2.24) is 15.1 Å². The van der Waals surface area contributed by atoms with Gasteiger partial charge in [-0.05, 0) is 37.1 Å². The maximum atomic E-state index is 12.3. The van der Waals surface area contributed by atoms with E-state index in [0.717, 1.165) is 49.1 Å². The van der Waals surface area contributed by atoms with Gasteiger partial charge < -0.3 is 15.0 Å². The lowest BCUT2D eigenvalue weighted by molar-refractivity contribution is -0.117. The van der Waals surface area contributed by atoms with E-state index in [0.29, 0.717) is 12.5 Å². The molecule has 1 aromatic heterocycles. The molecule has 0 spiro atoms. The summed E-state index contributed by atoms with van der Waals surface area (Å²) in [5.41, 5.74) is 1.87. The first kappa shape index (κ1) is 17.7. The Morgan fingerprint density at radius 1 is 1.15 bits per heavy atom. The van der Waals surface area contributed by atoms with Crippen molar-refractivity contribution < 1.29 is 9.53 Å². The summed E-state index contributed by atoms with van der Waals surface area (Å²) in [6.07, 6.45) is 2.48. The van der Waals surface area contributed by atoms with Crippen LogP contribution < -0.4 is 15.0 Å². The van der Waals surface area contributed by atoms with Crippen LogP contribution in [0.15, 0.2) is 36.4 Å². The van der Waals surface area contributed by atoms with E-state index in [1.54, 1.807) is 7.11 Å². The van der Waals surface area contributed by atoms with Gasteiger partial charge >= 0.3 is 0 Å². The number of methoxy groups -OCH3 is 1. The van der Waals surface area contributed by atoms with E-state index in [1.165, 1.54) is 12.8 Å². The predicted octanol–water partition coefficient (Wildman–Crippen LogP) is 2.12. The standard InChI is InChI=1S/C20H25N5O2/c1-27-17-4-2-3-16(13-17)21-20(26)14-24-9-11-25(12-10-24)19-8-7-18(22-23-19)15-5-6-15/h2-4,7-8,13,15H,5-6,9-12,14H2,1H3,(H,21,26). The van der Waals surface area contributed by atoms with Crippen LogP contribution in [0, 0.1) is 0 Å². The van der Waals surface area contributed by atoms with Gasteiger partial charge in [0.2, 0.25) is 5.91 Å². The van der Waals surface area contributed by atoms with Gasteiger partial charge in [-0.1, -0.05) is 6.07 Å². The number of ether oxygens (including phenoxy) is 1. The molecule has 27 heavy (non-hydrogen) atoms. The van der Waals surface area contributed by atoms with E-state index in [4.69, 9.17) is 4.74 Å². The highest BCUT2D eigenvalue weighted by molar-refractivity contribution is 5.92. The van der Waals surface area contributed by atoms with Crippen molar-refractivity contribution in [3.63, 3.8) is 0 Å². The zero-order chi connectivity index (χ0) is 18.6. The van der Waals surface area contributed by atoms with Gasteiger partial charge in [0.1, 0.15) is 5.75 Å². The molecule has 1 amide bonds. The Labute approximate surface area is 159 Å². The molecule has 1 N–H and O–H groups in total. The predicted molar refractivity (Wildman–Crippen MR) is 104 cm³/mol. The largest absolute Gasteiger partial charge is 0.497 e. The fourth-order valence-electron chi connectivity index (χ4n) is 3.34. The van der Waals surface area contributed by atoms with Crippen molar-refractivity contribution in [2.75, 3.05) is 50.1 Å². The Balaban J connectivity index is 1.25. The molecular weight excluding hydrogens is 342 g/mol. The summed E-state index contributed by atoms with van der Waals surface area (Å²) in [7, 11) is 1.62. The Kier molecular flexibility index (Phi) is 5.20. The number of piperazine rings is 1. The molecule has 0 bridgehead atoms. The summed E-state index contributed by atoms with van der Waals surface area (Å²) < 4.78 is 5.19. The monoisotopic (exact) mass is 367 g/mol. The van der Waals surface area contributed by atoms with E-state index < -0.39 is 0 Å². The van der Waals surface area contributed by atoms with E-state index in [2.05, 4.69) is 37.4 Å². The summed E-state index contributed by atoms with van der Waals surface area (Å²) in [5.74, 6) is 2.28. The smallest absolute Gasteiger partial charge is 0.238 e. The number of amides is 1. The van der Waals surface area contributed by atoms with Gasteiger partial charge in [0.05, 0.1) is 19.3 Å². The molecule has 2 fully saturated rings. The SMILES string of the molecule is COc1cccc(NC(=O)CN2CCN(c3ccc(C4CC4)nn3)CC2)c1. The van der Waals surface area contributed by atoms with Crippen LogP contribution >= 0.6 is 0 Å². The second-order valence-electron chi connectivity index (χ2n) is 7.13. The first-order valence-corrected chi connectivity index (χ1v) is 9.46. The van der Waals surface area contributed by atoms with Gasteiger partial charge in [-0.2, -0.15) is 5.10 Å². The third-order valence-electron chi connectivity index (χ3n) is 5.08. The highest BCUT2D eigenvalue weighted by atomic mass is 16.5. The van der Waals surface area contributed by atoms with Crippen LogP contribution in [-0.2, 0) is 4.79 Å². The molecule has 1 aliphatic heterocycles. The number of anilines is 2. The number of nitrogens with one attached hydrogen (secondary N) is 1. The lowest BCUT2D eigenvalue weighted by Gasteiger charge is -2.34. The molecule has 1 saturated carbocycles. The lowest BCUT2D eigenvalue weighted by Crippen LogP contribution is -2.49. The number of nitrogens with zero attached hydrogens (tertiary/aromatic N) is 4.